The quantitative estimate of drug-likeness (QED) is 0.384. The zero-order chi connectivity index (χ0) is 22.5. The van der Waals surface area contributed by atoms with Crippen molar-refractivity contribution in [2.45, 2.75) is 5.16 Å². The van der Waals surface area contributed by atoms with Gasteiger partial charge in [0.05, 0.1) is 25.7 Å². The van der Waals surface area contributed by atoms with Gasteiger partial charge in [-0.05, 0) is 48.5 Å². The summed E-state index contributed by atoms with van der Waals surface area (Å²) in [5, 5.41) is 12.7. The molecule has 0 aliphatic rings. The molecule has 1 amide bonds. The van der Waals surface area contributed by atoms with Crippen LogP contribution in [0.25, 0.3) is 11.4 Å². The minimum Gasteiger partial charge on any atom is -0.497 e. The number of carbonyl (C=O) groups excluding carboxylic acids is 1. The SMILES string of the molecule is COc1ccc(NC(=O)CSc2nnc(-c3ccc(Cl)cc3)n2-n2cccc2)c(OC)c1. The van der Waals surface area contributed by atoms with Crippen molar-refractivity contribution in [3.05, 3.63) is 72.0 Å². The van der Waals surface area contributed by atoms with E-state index >= 15 is 0 Å². The molecule has 0 spiro atoms. The van der Waals surface area contributed by atoms with Gasteiger partial charge in [0.1, 0.15) is 11.5 Å². The van der Waals surface area contributed by atoms with Crippen LogP contribution in [0.2, 0.25) is 5.02 Å². The van der Waals surface area contributed by atoms with Crippen molar-refractivity contribution in [1.82, 2.24) is 19.5 Å². The molecular formula is C22H20ClN5O3S. The molecule has 0 fully saturated rings. The second kappa shape index (κ2) is 9.80. The molecule has 2 aromatic carbocycles. The van der Waals surface area contributed by atoms with Crippen LogP contribution in [0.4, 0.5) is 5.69 Å². The van der Waals surface area contributed by atoms with Gasteiger partial charge in [-0.3, -0.25) is 9.47 Å². The lowest BCUT2D eigenvalue weighted by Crippen LogP contribution is -2.16. The summed E-state index contributed by atoms with van der Waals surface area (Å²) in [6.07, 6.45) is 3.77. The van der Waals surface area contributed by atoms with Gasteiger partial charge in [-0.15, -0.1) is 10.2 Å². The van der Waals surface area contributed by atoms with Crippen molar-refractivity contribution in [2.75, 3.05) is 25.3 Å². The molecule has 164 valence electrons. The second-order valence-corrected chi connectivity index (χ2v) is 7.97. The number of aromatic nitrogens is 4. The van der Waals surface area contributed by atoms with Gasteiger partial charge in [0.2, 0.25) is 11.1 Å². The molecule has 0 saturated carbocycles. The number of anilines is 1. The zero-order valence-electron chi connectivity index (χ0n) is 17.4. The molecule has 2 aromatic heterocycles. The minimum atomic E-state index is -0.200. The molecule has 0 unspecified atom stereocenters. The second-order valence-electron chi connectivity index (χ2n) is 6.59. The van der Waals surface area contributed by atoms with Crippen LogP contribution in [-0.4, -0.2) is 45.4 Å². The fourth-order valence-corrected chi connectivity index (χ4v) is 3.88. The van der Waals surface area contributed by atoms with Crippen LogP contribution in [0.5, 0.6) is 11.5 Å². The molecule has 0 saturated heterocycles. The molecule has 0 atom stereocenters. The Morgan fingerprint density at radius 3 is 2.50 bits per heavy atom. The lowest BCUT2D eigenvalue weighted by atomic mass is 10.2. The van der Waals surface area contributed by atoms with Crippen molar-refractivity contribution >= 4 is 35.0 Å². The van der Waals surface area contributed by atoms with E-state index in [4.69, 9.17) is 21.1 Å². The maximum absolute atomic E-state index is 12.6. The topological polar surface area (TPSA) is 83.2 Å². The first-order valence-corrected chi connectivity index (χ1v) is 10.9. The highest BCUT2D eigenvalue weighted by Crippen LogP contribution is 2.30. The van der Waals surface area contributed by atoms with Crippen molar-refractivity contribution in [3.63, 3.8) is 0 Å². The number of nitrogens with one attached hydrogen (secondary N) is 1. The number of thioether (sulfide) groups is 1. The Hall–Kier alpha value is -3.43. The van der Waals surface area contributed by atoms with E-state index in [1.165, 1.54) is 18.9 Å². The zero-order valence-corrected chi connectivity index (χ0v) is 18.9. The molecule has 0 bridgehead atoms. The summed E-state index contributed by atoms with van der Waals surface area (Å²) in [6.45, 7) is 0. The van der Waals surface area contributed by atoms with Gasteiger partial charge in [-0.1, -0.05) is 23.4 Å². The van der Waals surface area contributed by atoms with Crippen molar-refractivity contribution in [2.24, 2.45) is 0 Å². The van der Waals surface area contributed by atoms with Gasteiger partial charge < -0.3 is 14.8 Å². The lowest BCUT2D eigenvalue weighted by molar-refractivity contribution is -0.113. The Labute approximate surface area is 194 Å². The average molecular weight is 470 g/mol. The molecule has 8 nitrogen and oxygen atoms in total. The Kier molecular flexibility index (Phi) is 6.67. The monoisotopic (exact) mass is 469 g/mol. The average Bonchev–Trinajstić information content (AvgIpc) is 3.48. The van der Waals surface area contributed by atoms with Crippen LogP contribution >= 0.6 is 23.4 Å². The van der Waals surface area contributed by atoms with Gasteiger partial charge in [0.25, 0.3) is 0 Å². The first-order chi connectivity index (χ1) is 15.6. The molecule has 0 aliphatic carbocycles. The summed E-state index contributed by atoms with van der Waals surface area (Å²) in [7, 11) is 3.11. The van der Waals surface area contributed by atoms with Crippen LogP contribution in [0.15, 0.2) is 72.1 Å². The van der Waals surface area contributed by atoms with Crippen LogP contribution in [0, 0.1) is 0 Å². The van der Waals surface area contributed by atoms with Gasteiger partial charge in [0, 0.05) is 29.0 Å². The third kappa shape index (κ3) is 4.74. The smallest absolute Gasteiger partial charge is 0.234 e. The fraction of sp³-hybridized carbons (Fsp3) is 0.136. The number of carbonyl (C=O) groups is 1. The van der Waals surface area contributed by atoms with Crippen molar-refractivity contribution in [1.29, 1.82) is 0 Å². The number of halogens is 1. The molecule has 10 heteroatoms. The van der Waals surface area contributed by atoms with Crippen LogP contribution < -0.4 is 14.8 Å². The Morgan fingerprint density at radius 2 is 1.81 bits per heavy atom. The number of amides is 1. The van der Waals surface area contributed by atoms with E-state index in [0.717, 1.165) is 5.56 Å². The van der Waals surface area contributed by atoms with E-state index in [2.05, 4.69) is 15.5 Å². The van der Waals surface area contributed by atoms with Gasteiger partial charge in [-0.2, -0.15) is 0 Å². The number of ether oxygens (including phenoxy) is 2. The van der Waals surface area contributed by atoms with Gasteiger partial charge >= 0.3 is 0 Å². The van der Waals surface area contributed by atoms with Gasteiger partial charge in [-0.25, -0.2) is 4.68 Å². The first-order valence-electron chi connectivity index (χ1n) is 9.58. The van der Waals surface area contributed by atoms with E-state index in [0.29, 0.717) is 33.2 Å². The number of hydrogen-bond donors (Lipinski definition) is 1. The summed E-state index contributed by atoms with van der Waals surface area (Å²) in [5.41, 5.74) is 1.42. The number of methoxy groups -OCH3 is 2. The predicted octanol–water partition coefficient (Wildman–Crippen LogP) is 4.46. The van der Waals surface area contributed by atoms with Crippen LogP contribution in [-0.2, 0) is 4.79 Å². The Morgan fingerprint density at radius 1 is 1.06 bits per heavy atom. The fourth-order valence-electron chi connectivity index (χ4n) is 3.02. The first kappa shape index (κ1) is 21.8. The Balaban J connectivity index is 1.54. The summed E-state index contributed by atoms with van der Waals surface area (Å²) >= 11 is 7.30. The lowest BCUT2D eigenvalue weighted by Gasteiger charge is -2.12. The van der Waals surface area contributed by atoms with E-state index in [9.17, 15) is 4.79 Å². The minimum absolute atomic E-state index is 0.134. The third-order valence-corrected chi connectivity index (χ3v) is 5.72. The number of nitrogens with zero attached hydrogens (tertiary/aromatic N) is 4. The molecule has 32 heavy (non-hydrogen) atoms. The Bertz CT molecular complexity index is 1210. The molecule has 0 aliphatic heterocycles. The standard InChI is InChI=1S/C22H20ClN5O3S/c1-30-17-9-10-18(19(13-17)31-2)24-20(29)14-32-22-26-25-21(15-5-7-16(23)8-6-15)28(22)27-11-3-4-12-27/h3-13H,14H2,1-2H3,(H,24,29). The molecule has 4 rings (SSSR count). The highest BCUT2D eigenvalue weighted by atomic mass is 35.5. The highest BCUT2D eigenvalue weighted by molar-refractivity contribution is 7.99. The van der Waals surface area contributed by atoms with Crippen molar-refractivity contribution in [3.8, 4) is 22.9 Å². The largest absolute Gasteiger partial charge is 0.497 e. The molecule has 4 aromatic rings. The van der Waals surface area contributed by atoms with E-state index < -0.39 is 0 Å². The van der Waals surface area contributed by atoms with E-state index in [-0.39, 0.29) is 11.7 Å². The summed E-state index contributed by atoms with van der Waals surface area (Å²) in [5.74, 6) is 1.73. The van der Waals surface area contributed by atoms with Crippen LogP contribution in [0.1, 0.15) is 0 Å². The summed E-state index contributed by atoms with van der Waals surface area (Å²) < 4.78 is 14.2. The maximum Gasteiger partial charge on any atom is 0.234 e. The summed E-state index contributed by atoms with van der Waals surface area (Å²) in [6, 6.07) is 16.4. The number of hydrogen-bond acceptors (Lipinski definition) is 6. The number of benzene rings is 2. The molecular weight excluding hydrogens is 450 g/mol. The predicted molar refractivity (Wildman–Crippen MR) is 125 cm³/mol. The third-order valence-electron chi connectivity index (χ3n) is 4.55. The molecule has 0 radical (unpaired) electrons. The molecule has 2 heterocycles. The molecule has 1 N–H and O–H groups in total. The van der Waals surface area contributed by atoms with E-state index in [1.807, 2.05) is 46.0 Å². The van der Waals surface area contributed by atoms with E-state index in [1.54, 1.807) is 37.4 Å². The van der Waals surface area contributed by atoms with Crippen molar-refractivity contribution < 1.29 is 14.3 Å². The maximum atomic E-state index is 12.6. The summed E-state index contributed by atoms with van der Waals surface area (Å²) in [4.78, 5) is 12.6. The normalized spacial score (nSPS) is 10.7. The highest BCUT2D eigenvalue weighted by Gasteiger charge is 2.17. The van der Waals surface area contributed by atoms with Crippen LogP contribution in [0.3, 0.4) is 0 Å². The number of rotatable bonds is 8. The van der Waals surface area contributed by atoms with Gasteiger partial charge in [0.15, 0.2) is 5.82 Å².